The minimum Gasteiger partial charge on any atom is -0.465 e. The van der Waals surface area contributed by atoms with Gasteiger partial charge in [-0.05, 0) is 35.9 Å². The number of nitrogens with zero attached hydrogens (tertiary/aromatic N) is 1. The standard InChI is InChI=1S/C21H16ClNO6/c1-28-21(27)12-4-2-11(3-5-12)17-16-18(25)14-10-13(22)6-7-15(14)29-19(16)20(26)23(17)8-9-24/h2-7,10,17,24H,8-9H2,1H3. The van der Waals surface area contributed by atoms with Crippen LogP contribution in [0, 0.1) is 0 Å². The summed E-state index contributed by atoms with van der Waals surface area (Å²) in [6.45, 7) is -0.265. The minimum absolute atomic E-state index is 0.0169. The number of hydrogen-bond acceptors (Lipinski definition) is 6. The summed E-state index contributed by atoms with van der Waals surface area (Å²) in [4.78, 5) is 39.3. The summed E-state index contributed by atoms with van der Waals surface area (Å²) in [5.41, 5.74) is 1.03. The van der Waals surface area contributed by atoms with E-state index in [0.29, 0.717) is 16.1 Å². The fourth-order valence-corrected chi connectivity index (χ4v) is 3.77. The molecule has 0 saturated carbocycles. The number of carbonyl (C=O) groups excluding carboxylic acids is 2. The Balaban J connectivity index is 1.92. The Labute approximate surface area is 170 Å². The van der Waals surface area contributed by atoms with Gasteiger partial charge >= 0.3 is 5.97 Å². The van der Waals surface area contributed by atoms with Crippen LogP contribution < -0.4 is 5.43 Å². The summed E-state index contributed by atoms with van der Waals surface area (Å²) in [6, 6.07) is 10.3. The van der Waals surface area contributed by atoms with E-state index >= 15 is 0 Å². The third kappa shape index (κ3) is 3.08. The molecule has 0 fully saturated rings. The molecule has 0 aliphatic carbocycles. The number of hydrogen-bond donors (Lipinski definition) is 1. The maximum Gasteiger partial charge on any atom is 0.337 e. The minimum atomic E-state index is -0.754. The Kier molecular flexibility index (Phi) is 4.86. The fraction of sp³-hybridized carbons (Fsp3) is 0.190. The molecule has 1 atom stereocenters. The van der Waals surface area contributed by atoms with Gasteiger partial charge in [-0.15, -0.1) is 0 Å². The maximum atomic E-state index is 13.2. The zero-order valence-electron chi connectivity index (χ0n) is 15.3. The van der Waals surface area contributed by atoms with Crippen LogP contribution >= 0.6 is 11.6 Å². The molecule has 0 spiro atoms. The maximum absolute atomic E-state index is 13.2. The second-order valence-electron chi connectivity index (χ2n) is 6.55. The molecule has 0 radical (unpaired) electrons. The molecule has 29 heavy (non-hydrogen) atoms. The van der Waals surface area contributed by atoms with Gasteiger partial charge in [0.05, 0.1) is 36.3 Å². The average Bonchev–Trinajstić information content (AvgIpc) is 3.01. The van der Waals surface area contributed by atoms with E-state index < -0.39 is 17.9 Å². The number of fused-ring (bicyclic) bond motifs is 2. The van der Waals surface area contributed by atoms with E-state index in [1.54, 1.807) is 36.4 Å². The number of methoxy groups -OCH3 is 1. The number of ether oxygens (including phenoxy) is 1. The summed E-state index contributed by atoms with van der Waals surface area (Å²) in [7, 11) is 1.28. The molecule has 3 aromatic rings. The number of benzene rings is 2. The molecule has 0 bridgehead atoms. The summed E-state index contributed by atoms with van der Waals surface area (Å²) in [5.74, 6) is -1.03. The van der Waals surface area contributed by atoms with E-state index in [4.69, 9.17) is 20.8 Å². The van der Waals surface area contributed by atoms with Crippen LogP contribution in [0.3, 0.4) is 0 Å². The Bertz CT molecular complexity index is 1180. The lowest BCUT2D eigenvalue weighted by Gasteiger charge is -2.24. The zero-order valence-corrected chi connectivity index (χ0v) is 16.1. The quantitative estimate of drug-likeness (QED) is 0.660. The summed E-state index contributed by atoms with van der Waals surface area (Å²) in [5, 5.41) is 10.1. The van der Waals surface area contributed by atoms with Gasteiger partial charge in [-0.3, -0.25) is 9.59 Å². The number of esters is 1. The third-order valence-electron chi connectivity index (χ3n) is 4.92. The molecular weight excluding hydrogens is 398 g/mol. The van der Waals surface area contributed by atoms with Crippen LogP contribution in [0.5, 0.6) is 0 Å². The van der Waals surface area contributed by atoms with E-state index in [1.165, 1.54) is 18.1 Å². The van der Waals surface area contributed by atoms with Crippen molar-refractivity contribution in [3.8, 4) is 0 Å². The van der Waals surface area contributed by atoms with Gasteiger partial charge < -0.3 is 19.2 Å². The SMILES string of the molecule is COC(=O)c1ccc(C2c3c(oc4ccc(Cl)cc4c3=O)C(=O)N2CCO)cc1. The molecule has 1 N–H and O–H groups in total. The summed E-state index contributed by atoms with van der Waals surface area (Å²) < 4.78 is 10.5. The van der Waals surface area contributed by atoms with E-state index in [9.17, 15) is 19.5 Å². The molecule has 1 aromatic heterocycles. The molecule has 148 valence electrons. The third-order valence-corrected chi connectivity index (χ3v) is 5.15. The van der Waals surface area contributed by atoms with Crippen molar-refractivity contribution in [1.29, 1.82) is 0 Å². The van der Waals surface area contributed by atoms with Crippen molar-refractivity contribution < 1.29 is 23.8 Å². The topological polar surface area (TPSA) is 97.0 Å². The smallest absolute Gasteiger partial charge is 0.337 e. The van der Waals surface area contributed by atoms with Gasteiger partial charge in [0.2, 0.25) is 5.76 Å². The van der Waals surface area contributed by atoms with Gasteiger partial charge in [-0.1, -0.05) is 23.7 Å². The van der Waals surface area contributed by atoms with Crippen LogP contribution in [0.1, 0.15) is 38.1 Å². The normalized spacial score (nSPS) is 15.6. The molecular formula is C21H16ClNO6. The highest BCUT2D eigenvalue weighted by molar-refractivity contribution is 6.31. The van der Waals surface area contributed by atoms with Crippen molar-refractivity contribution in [1.82, 2.24) is 4.90 Å². The molecule has 0 saturated heterocycles. The Morgan fingerprint density at radius 2 is 1.93 bits per heavy atom. The van der Waals surface area contributed by atoms with Crippen LogP contribution in [0.2, 0.25) is 5.02 Å². The number of carbonyl (C=O) groups is 2. The molecule has 8 heteroatoms. The largest absolute Gasteiger partial charge is 0.465 e. The highest BCUT2D eigenvalue weighted by Crippen LogP contribution is 2.38. The lowest BCUT2D eigenvalue weighted by atomic mass is 9.97. The molecule has 4 rings (SSSR count). The Morgan fingerprint density at radius 1 is 1.21 bits per heavy atom. The molecule has 1 unspecified atom stereocenters. The second-order valence-corrected chi connectivity index (χ2v) is 6.99. The number of aliphatic hydroxyl groups is 1. The van der Waals surface area contributed by atoms with Crippen LogP contribution in [-0.2, 0) is 4.74 Å². The van der Waals surface area contributed by atoms with Crippen LogP contribution in [0.4, 0.5) is 0 Å². The summed E-state index contributed by atoms with van der Waals surface area (Å²) >= 11 is 6.03. The molecule has 2 aromatic carbocycles. The molecule has 1 amide bonds. The Hall–Kier alpha value is -3.16. The molecule has 1 aliphatic rings. The first-order valence-electron chi connectivity index (χ1n) is 8.82. The first kappa shape index (κ1) is 19.2. The number of amides is 1. The van der Waals surface area contributed by atoms with E-state index in [2.05, 4.69) is 0 Å². The monoisotopic (exact) mass is 413 g/mol. The van der Waals surface area contributed by atoms with E-state index in [0.717, 1.165) is 0 Å². The average molecular weight is 414 g/mol. The predicted octanol–water partition coefficient (Wildman–Crippen LogP) is 2.77. The first-order valence-corrected chi connectivity index (χ1v) is 9.20. The molecule has 7 nitrogen and oxygen atoms in total. The number of β-amino-alcohol motifs (C(OH)–C–C–N with tert-alkyl or cyclic N) is 1. The second kappa shape index (κ2) is 7.35. The van der Waals surface area contributed by atoms with Crippen LogP contribution in [-0.4, -0.2) is 42.1 Å². The van der Waals surface area contributed by atoms with Gasteiger partial charge in [0.25, 0.3) is 5.91 Å². The highest BCUT2D eigenvalue weighted by Gasteiger charge is 2.42. The van der Waals surface area contributed by atoms with Gasteiger partial charge in [0, 0.05) is 11.6 Å². The lowest BCUT2D eigenvalue weighted by Crippen LogP contribution is -2.32. The van der Waals surface area contributed by atoms with Gasteiger partial charge in [-0.25, -0.2) is 4.79 Å². The van der Waals surface area contributed by atoms with Gasteiger partial charge in [0.1, 0.15) is 5.58 Å². The lowest BCUT2D eigenvalue weighted by molar-refractivity contribution is 0.0599. The zero-order chi connectivity index (χ0) is 20.7. The van der Waals surface area contributed by atoms with Crippen molar-refractivity contribution in [3.05, 3.63) is 80.2 Å². The van der Waals surface area contributed by atoms with Crippen molar-refractivity contribution in [2.75, 3.05) is 20.3 Å². The van der Waals surface area contributed by atoms with Crippen molar-refractivity contribution in [2.45, 2.75) is 6.04 Å². The van der Waals surface area contributed by atoms with Crippen LogP contribution in [0.15, 0.2) is 51.7 Å². The number of aliphatic hydroxyl groups excluding tert-OH is 1. The number of halogens is 1. The predicted molar refractivity (Wildman–Crippen MR) is 105 cm³/mol. The van der Waals surface area contributed by atoms with E-state index in [-0.39, 0.29) is 40.9 Å². The fourth-order valence-electron chi connectivity index (χ4n) is 3.60. The first-order chi connectivity index (χ1) is 14.0. The van der Waals surface area contributed by atoms with Crippen molar-refractivity contribution >= 4 is 34.4 Å². The summed E-state index contributed by atoms with van der Waals surface area (Å²) in [6.07, 6.45) is 0. The molecule has 1 aliphatic heterocycles. The van der Waals surface area contributed by atoms with Gasteiger partial charge in [-0.2, -0.15) is 0 Å². The van der Waals surface area contributed by atoms with Gasteiger partial charge in [0.15, 0.2) is 5.43 Å². The molecule has 2 heterocycles. The Morgan fingerprint density at radius 3 is 2.59 bits per heavy atom. The van der Waals surface area contributed by atoms with Crippen LogP contribution in [0.25, 0.3) is 11.0 Å². The van der Waals surface area contributed by atoms with Crippen molar-refractivity contribution in [2.24, 2.45) is 0 Å². The van der Waals surface area contributed by atoms with E-state index in [1.807, 2.05) is 0 Å². The van der Waals surface area contributed by atoms with Crippen molar-refractivity contribution in [3.63, 3.8) is 0 Å². The number of rotatable bonds is 4. The highest BCUT2D eigenvalue weighted by atomic mass is 35.5.